The molecule has 20 heavy (non-hydrogen) atoms. The highest BCUT2D eigenvalue weighted by Crippen LogP contribution is 2.22. The summed E-state index contributed by atoms with van der Waals surface area (Å²) in [7, 11) is 0. The Morgan fingerprint density at radius 1 is 1.60 bits per heavy atom. The molecule has 6 nitrogen and oxygen atoms in total. The summed E-state index contributed by atoms with van der Waals surface area (Å²) in [5.41, 5.74) is 0.898. The lowest BCUT2D eigenvalue weighted by molar-refractivity contribution is -0.116. The fourth-order valence-corrected chi connectivity index (χ4v) is 2.32. The van der Waals surface area contributed by atoms with E-state index in [2.05, 4.69) is 32.2 Å². The Bertz CT molecular complexity index is 562. The van der Waals surface area contributed by atoms with Crippen molar-refractivity contribution >= 4 is 17.4 Å². The summed E-state index contributed by atoms with van der Waals surface area (Å²) < 4.78 is 0. The van der Waals surface area contributed by atoms with Crippen LogP contribution in [0.15, 0.2) is 23.5 Å². The van der Waals surface area contributed by atoms with Gasteiger partial charge in [0, 0.05) is 37.1 Å². The number of carbonyl (C=O) groups is 1. The summed E-state index contributed by atoms with van der Waals surface area (Å²) in [4.78, 5) is 28.0. The van der Waals surface area contributed by atoms with Crippen LogP contribution in [0.4, 0.5) is 11.5 Å². The fraction of sp³-hybridized carbons (Fsp3) is 0.429. The summed E-state index contributed by atoms with van der Waals surface area (Å²) in [6.45, 7) is 3.21. The normalized spacial score (nSPS) is 17.9. The molecule has 104 valence electrons. The number of hydrogen-bond acceptors (Lipinski definition) is 5. The van der Waals surface area contributed by atoms with Crippen LogP contribution in [0.25, 0.3) is 0 Å². The molecule has 0 aliphatic carbocycles. The smallest absolute Gasteiger partial charge is 0.296 e. The van der Waals surface area contributed by atoms with Crippen LogP contribution in [0.5, 0.6) is 0 Å². The first-order chi connectivity index (χ1) is 9.72. The van der Waals surface area contributed by atoms with Gasteiger partial charge in [0.05, 0.1) is 0 Å². The number of piperidine rings is 1. The van der Waals surface area contributed by atoms with Crippen molar-refractivity contribution in [2.24, 2.45) is 5.18 Å². The zero-order valence-electron chi connectivity index (χ0n) is 11.3. The third-order valence-corrected chi connectivity index (χ3v) is 3.18. The van der Waals surface area contributed by atoms with Crippen LogP contribution in [0.3, 0.4) is 0 Å². The molecule has 1 amide bonds. The quantitative estimate of drug-likeness (QED) is 0.669. The molecule has 0 aromatic carbocycles. The summed E-state index contributed by atoms with van der Waals surface area (Å²) in [5, 5.41) is 5.74. The molecule has 1 unspecified atom stereocenters. The average Bonchev–Trinajstić information content (AvgIpc) is 2.48. The second kappa shape index (κ2) is 6.66. The van der Waals surface area contributed by atoms with Crippen LogP contribution >= 0.6 is 0 Å². The molecule has 0 radical (unpaired) electrons. The summed E-state index contributed by atoms with van der Waals surface area (Å²) in [6, 6.07) is 3.56. The summed E-state index contributed by atoms with van der Waals surface area (Å²) in [6.07, 6.45) is 3.46. The number of pyridine rings is 1. The van der Waals surface area contributed by atoms with Crippen LogP contribution < -0.4 is 10.2 Å². The minimum atomic E-state index is -0.246. The molecule has 1 atom stereocenters. The van der Waals surface area contributed by atoms with E-state index >= 15 is 0 Å². The van der Waals surface area contributed by atoms with Crippen molar-refractivity contribution < 1.29 is 4.79 Å². The predicted molar refractivity (Wildman–Crippen MR) is 76.5 cm³/mol. The summed E-state index contributed by atoms with van der Waals surface area (Å²) >= 11 is 0. The minimum absolute atomic E-state index is 0.0675. The van der Waals surface area contributed by atoms with Gasteiger partial charge in [0.15, 0.2) is 5.82 Å². The Balaban J connectivity index is 2.03. The van der Waals surface area contributed by atoms with Gasteiger partial charge in [-0.3, -0.25) is 4.79 Å². The molecule has 1 N–H and O–H groups in total. The van der Waals surface area contributed by atoms with E-state index in [1.54, 1.807) is 19.2 Å². The first-order valence-corrected chi connectivity index (χ1v) is 6.50. The molecule has 0 saturated carbocycles. The van der Waals surface area contributed by atoms with E-state index in [0.29, 0.717) is 6.54 Å². The third-order valence-electron chi connectivity index (χ3n) is 3.18. The van der Waals surface area contributed by atoms with Gasteiger partial charge in [-0.25, -0.2) is 4.98 Å². The van der Waals surface area contributed by atoms with E-state index in [0.717, 1.165) is 25.1 Å². The van der Waals surface area contributed by atoms with E-state index in [4.69, 9.17) is 0 Å². The maximum atomic E-state index is 11.5. The van der Waals surface area contributed by atoms with Crippen molar-refractivity contribution in [3.8, 4) is 11.8 Å². The van der Waals surface area contributed by atoms with E-state index < -0.39 is 0 Å². The van der Waals surface area contributed by atoms with E-state index in [1.807, 2.05) is 6.07 Å². The second-order valence-electron chi connectivity index (χ2n) is 4.60. The van der Waals surface area contributed by atoms with Crippen molar-refractivity contribution in [3.05, 3.63) is 23.2 Å². The van der Waals surface area contributed by atoms with Gasteiger partial charge in [-0.15, -0.1) is 4.91 Å². The zero-order valence-corrected chi connectivity index (χ0v) is 11.3. The number of anilines is 1. The molecule has 0 bridgehead atoms. The van der Waals surface area contributed by atoms with Crippen molar-refractivity contribution in [1.29, 1.82) is 0 Å². The molecule has 1 aliphatic rings. The van der Waals surface area contributed by atoms with Gasteiger partial charge >= 0.3 is 0 Å². The topological polar surface area (TPSA) is 74.7 Å². The third kappa shape index (κ3) is 3.54. The number of nitrogens with one attached hydrogen (secondary N) is 1. The van der Waals surface area contributed by atoms with Gasteiger partial charge in [-0.1, -0.05) is 5.92 Å². The molecule has 0 spiro atoms. The number of carbonyl (C=O) groups excluding carboxylic acids is 1. The number of rotatable bonds is 3. The first-order valence-electron chi connectivity index (χ1n) is 6.50. The van der Waals surface area contributed by atoms with Crippen molar-refractivity contribution in [1.82, 2.24) is 10.3 Å². The number of nitrogens with zero attached hydrogens (tertiary/aromatic N) is 3. The largest absolute Gasteiger partial charge is 0.369 e. The number of hydrogen-bond donors (Lipinski definition) is 1. The second-order valence-corrected chi connectivity index (χ2v) is 4.60. The van der Waals surface area contributed by atoms with E-state index in [-0.39, 0.29) is 17.8 Å². The Labute approximate surface area is 117 Å². The number of aromatic nitrogens is 1. The van der Waals surface area contributed by atoms with Gasteiger partial charge in [0.25, 0.3) is 5.91 Å². The maximum Gasteiger partial charge on any atom is 0.296 e. The average molecular weight is 272 g/mol. The molecule has 1 aromatic rings. The van der Waals surface area contributed by atoms with Crippen LogP contribution in [-0.4, -0.2) is 30.0 Å². The molecule has 1 fully saturated rings. The maximum absolute atomic E-state index is 11.5. The SMILES string of the molecule is CC#CC(=O)NC1CCCN(c2ccnc(N=O)c2)C1. The molecule has 2 heterocycles. The van der Waals surface area contributed by atoms with Crippen molar-refractivity contribution in [3.63, 3.8) is 0 Å². The van der Waals surface area contributed by atoms with Gasteiger partial charge in [0.2, 0.25) is 0 Å². The monoisotopic (exact) mass is 272 g/mol. The summed E-state index contributed by atoms with van der Waals surface area (Å²) in [5.74, 6) is 4.99. The molecular weight excluding hydrogens is 256 g/mol. The molecule has 2 rings (SSSR count). The van der Waals surface area contributed by atoms with Crippen LogP contribution in [0, 0.1) is 16.7 Å². The van der Waals surface area contributed by atoms with Crippen LogP contribution in [-0.2, 0) is 4.79 Å². The Kier molecular flexibility index (Phi) is 4.66. The minimum Gasteiger partial charge on any atom is -0.369 e. The van der Waals surface area contributed by atoms with Crippen molar-refractivity contribution in [2.45, 2.75) is 25.8 Å². The van der Waals surface area contributed by atoms with E-state index in [1.165, 1.54) is 0 Å². The highest BCUT2D eigenvalue weighted by molar-refractivity contribution is 5.93. The first kappa shape index (κ1) is 14.0. The highest BCUT2D eigenvalue weighted by Gasteiger charge is 2.21. The Hall–Kier alpha value is -2.42. The Morgan fingerprint density at radius 3 is 3.20 bits per heavy atom. The van der Waals surface area contributed by atoms with Gasteiger partial charge in [0.1, 0.15) is 0 Å². The standard InChI is InChI=1S/C14H16N4O2/c1-2-4-14(19)16-11-5-3-8-18(10-11)12-6-7-15-13(9-12)17-20/h6-7,9,11H,3,5,8,10H2,1H3,(H,16,19). The number of amides is 1. The van der Waals surface area contributed by atoms with Gasteiger partial charge < -0.3 is 10.2 Å². The number of nitroso groups, excluding NO2 is 1. The molecular formula is C14H16N4O2. The van der Waals surface area contributed by atoms with Gasteiger partial charge in [-0.05, 0) is 36.9 Å². The Morgan fingerprint density at radius 2 is 2.45 bits per heavy atom. The highest BCUT2D eigenvalue weighted by atomic mass is 16.3. The van der Waals surface area contributed by atoms with Crippen LogP contribution in [0.2, 0.25) is 0 Å². The van der Waals surface area contributed by atoms with E-state index in [9.17, 15) is 9.70 Å². The predicted octanol–water partition coefficient (Wildman–Crippen LogP) is 1.59. The van der Waals surface area contributed by atoms with Gasteiger partial charge in [-0.2, -0.15) is 0 Å². The zero-order chi connectivity index (χ0) is 14.4. The molecule has 6 heteroatoms. The lowest BCUT2D eigenvalue weighted by Crippen LogP contribution is -2.47. The lowest BCUT2D eigenvalue weighted by atomic mass is 10.0. The molecule has 1 saturated heterocycles. The molecule has 1 aliphatic heterocycles. The molecule has 1 aromatic heterocycles. The lowest BCUT2D eigenvalue weighted by Gasteiger charge is -2.34. The fourth-order valence-electron chi connectivity index (χ4n) is 2.32. The van der Waals surface area contributed by atoms with Crippen LogP contribution in [0.1, 0.15) is 19.8 Å². The van der Waals surface area contributed by atoms with Crippen molar-refractivity contribution in [2.75, 3.05) is 18.0 Å².